The van der Waals surface area contributed by atoms with E-state index in [-0.39, 0.29) is 23.9 Å². The Labute approximate surface area is 83.4 Å². The zero-order valence-electron chi connectivity index (χ0n) is 8.18. The van der Waals surface area contributed by atoms with E-state index in [1.54, 1.807) is 0 Å². The largest absolute Gasteiger partial charge is 0.465 e. The standard InChI is InChI=1S/C11H14O3/c1-2-4-9-10-8(5-3-6-13-9)7-14-11(10)12/h2-5,8-10H,6-7H2,1H3/b4-2+/t8-,9-,10-/m0/s1. The summed E-state index contributed by atoms with van der Waals surface area (Å²) in [5.74, 6) is -0.0965. The molecule has 14 heavy (non-hydrogen) atoms. The molecule has 0 aromatic rings. The zero-order valence-corrected chi connectivity index (χ0v) is 8.18. The molecule has 2 aliphatic heterocycles. The van der Waals surface area contributed by atoms with Gasteiger partial charge in [-0.05, 0) is 6.92 Å². The maximum absolute atomic E-state index is 11.5. The summed E-state index contributed by atoms with van der Waals surface area (Å²) in [4.78, 5) is 11.5. The summed E-state index contributed by atoms with van der Waals surface area (Å²) in [5, 5.41) is 0. The van der Waals surface area contributed by atoms with E-state index in [2.05, 4.69) is 0 Å². The van der Waals surface area contributed by atoms with Gasteiger partial charge in [0.2, 0.25) is 0 Å². The third-order valence-electron chi connectivity index (χ3n) is 2.66. The fourth-order valence-corrected chi connectivity index (χ4v) is 1.97. The number of fused-ring (bicyclic) bond motifs is 1. The summed E-state index contributed by atoms with van der Waals surface area (Å²) in [5.41, 5.74) is 0. The topological polar surface area (TPSA) is 35.5 Å². The SMILES string of the molecule is C/C=C/[C@@H]1OCC=C[C@H]2COC(=O)[C@H]12. The number of allylic oxidation sites excluding steroid dienone is 1. The van der Waals surface area contributed by atoms with Gasteiger partial charge in [0.15, 0.2) is 0 Å². The van der Waals surface area contributed by atoms with Crippen LogP contribution in [-0.2, 0) is 14.3 Å². The number of esters is 1. The fraction of sp³-hybridized carbons (Fsp3) is 0.545. The normalized spacial score (nSPS) is 36.9. The highest BCUT2D eigenvalue weighted by Gasteiger charge is 2.41. The average molecular weight is 194 g/mol. The number of carbonyl (C=O) groups excluding carboxylic acids is 1. The molecular formula is C11H14O3. The lowest BCUT2D eigenvalue weighted by atomic mass is 9.90. The summed E-state index contributed by atoms with van der Waals surface area (Å²) in [6.07, 6.45) is 7.70. The van der Waals surface area contributed by atoms with Crippen molar-refractivity contribution >= 4 is 5.97 Å². The summed E-state index contributed by atoms with van der Waals surface area (Å²) in [6.45, 7) is 3.00. The molecule has 0 unspecified atom stereocenters. The van der Waals surface area contributed by atoms with E-state index in [0.717, 1.165) is 0 Å². The van der Waals surface area contributed by atoms with Crippen LogP contribution in [0.5, 0.6) is 0 Å². The minimum Gasteiger partial charge on any atom is -0.465 e. The Hall–Kier alpha value is -1.09. The van der Waals surface area contributed by atoms with Gasteiger partial charge in [-0.15, -0.1) is 0 Å². The highest BCUT2D eigenvalue weighted by Crippen LogP contribution is 2.30. The molecule has 3 nitrogen and oxygen atoms in total. The summed E-state index contributed by atoms with van der Waals surface area (Å²) in [7, 11) is 0. The Kier molecular flexibility index (Phi) is 2.68. The Morgan fingerprint density at radius 1 is 1.57 bits per heavy atom. The molecule has 0 N–H and O–H groups in total. The molecule has 1 saturated heterocycles. The minimum absolute atomic E-state index is 0.130. The van der Waals surface area contributed by atoms with Crippen molar-refractivity contribution in [2.75, 3.05) is 13.2 Å². The third kappa shape index (κ3) is 1.60. The van der Waals surface area contributed by atoms with Gasteiger partial charge in [0.25, 0.3) is 0 Å². The predicted molar refractivity (Wildman–Crippen MR) is 51.6 cm³/mol. The lowest BCUT2D eigenvalue weighted by Gasteiger charge is -2.18. The van der Waals surface area contributed by atoms with E-state index in [0.29, 0.717) is 13.2 Å². The highest BCUT2D eigenvalue weighted by molar-refractivity contribution is 5.76. The molecule has 0 spiro atoms. The van der Waals surface area contributed by atoms with E-state index in [4.69, 9.17) is 9.47 Å². The molecule has 0 radical (unpaired) electrons. The molecule has 3 heteroatoms. The maximum atomic E-state index is 11.5. The van der Waals surface area contributed by atoms with Crippen LogP contribution in [0.1, 0.15) is 6.92 Å². The number of ether oxygens (including phenoxy) is 2. The lowest BCUT2D eigenvalue weighted by molar-refractivity contribution is -0.144. The van der Waals surface area contributed by atoms with Crippen molar-refractivity contribution in [2.45, 2.75) is 13.0 Å². The maximum Gasteiger partial charge on any atom is 0.312 e. The van der Waals surface area contributed by atoms with Gasteiger partial charge in [0.1, 0.15) is 0 Å². The molecule has 3 atom stereocenters. The Bertz CT molecular complexity index is 280. The molecule has 0 amide bonds. The van der Waals surface area contributed by atoms with Gasteiger partial charge in [0, 0.05) is 5.92 Å². The molecule has 2 rings (SSSR count). The van der Waals surface area contributed by atoms with E-state index in [1.807, 2.05) is 31.2 Å². The minimum atomic E-state index is -0.148. The van der Waals surface area contributed by atoms with Crippen LogP contribution in [0, 0.1) is 11.8 Å². The first-order valence-corrected chi connectivity index (χ1v) is 4.90. The van der Waals surface area contributed by atoms with Crippen molar-refractivity contribution in [3.8, 4) is 0 Å². The quantitative estimate of drug-likeness (QED) is 0.466. The smallest absolute Gasteiger partial charge is 0.312 e. The van der Waals surface area contributed by atoms with Crippen molar-refractivity contribution in [3.63, 3.8) is 0 Å². The first-order valence-electron chi connectivity index (χ1n) is 4.90. The van der Waals surface area contributed by atoms with Gasteiger partial charge in [-0.2, -0.15) is 0 Å². The van der Waals surface area contributed by atoms with Gasteiger partial charge >= 0.3 is 5.97 Å². The van der Waals surface area contributed by atoms with Crippen molar-refractivity contribution in [3.05, 3.63) is 24.3 Å². The van der Waals surface area contributed by atoms with Crippen molar-refractivity contribution in [2.24, 2.45) is 11.8 Å². The first kappa shape index (κ1) is 9.46. The average Bonchev–Trinajstić information content (AvgIpc) is 2.43. The van der Waals surface area contributed by atoms with Crippen LogP contribution in [-0.4, -0.2) is 25.3 Å². The van der Waals surface area contributed by atoms with Gasteiger partial charge in [-0.25, -0.2) is 0 Å². The molecule has 0 aromatic heterocycles. The Morgan fingerprint density at radius 3 is 3.21 bits per heavy atom. The van der Waals surface area contributed by atoms with Crippen molar-refractivity contribution in [1.29, 1.82) is 0 Å². The van der Waals surface area contributed by atoms with Gasteiger partial charge in [-0.3, -0.25) is 4.79 Å². The van der Waals surface area contributed by atoms with E-state index in [1.165, 1.54) is 0 Å². The Balaban J connectivity index is 2.22. The second-order valence-electron chi connectivity index (χ2n) is 3.57. The second-order valence-corrected chi connectivity index (χ2v) is 3.57. The Morgan fingerprint density at radius 2 is 2.43 bits per heavy atom. The van der Waals surface area contributed by atoms with Gasteiger partial charge in [-0.1, -0.05) is 24.3 Å². The number of cyclic esters (lactones) is 1. The monoisotopic (exact) mass is 194 g/mol. The van der Waals surface area contributed by atoms with Gasteiger partial charge < -0.3 is 9.47 Å². The molecule has 0 aliphatic carbocycles. The van der Waals surface area contributed by atoms with Crippen LogP contribution in [0.25, 0.3) is 0 Å². The number of hydrogen-bond acceptors (Lipinski definition) is 3. The molecule has 2 heterocycles. The third-order valence-corrected chi connectivity index (χ3v) is 2.66. The number of carbonyl (C=O) groups is 1. The molecule has 2 aliphatic rings. The molecule has 0 bridgehead atoms. The molecule has 1 fully saturated rings. The van der Waals surface area contributed by atoms with Crippen LogP contribution in [0.4, 0.5) is 0 Å². The lowest BCUT2D eigenvalue weighted by Crippen LogP contribution is -2.28. The summed E-state index contributed by atoms with van der Waals surface area (Å²) < 4.78 is 10.6. The molecular weight excluding hydrogens is 180 g/mol. The van der Waals surface area contributed by atoms with Crippen LogP contribution < -0.4 is 0 Å². The van der Waals surface area contributed by atoms with Crippen LogP contribution in [0.3, 0.4) is 0 Å². The van der Waals surface area contributed by atoms with E-state index >= 15 is 0 Å². The fourth-order valence-electron chi connectivity index (χ4n) is 1.97. The summed E-state index contributed by atoms with van der Waals surface area (Å²) in [6, 6.07) is 0. The van der Waals surface area contributed by atoms with E-state index < -0.39 is 0 Å². The van der Waals surface area contributed by atoms with Crippen molar-refractivity contribution < 1.29 is 14.3 Å². The van der Waals surface area contributed by atoms with Gasteiger partial charge in [0.05, 0.1) is 25.2 Å². The van der Waals surface area contributed by atoms with Crippen LogP contribution in [0.15, 0.2) is 24.3 Å². The predicted octanol–water partition coefficient (Wildman–Crippen LogP) is 1.31. The molecule has 0 saturated carbocycles. The molecule has 76 valence electrons. The van der Waals surface area contributed by atoms with Crippen LogP contribution >= 0.6 is 0 Å². The highest BCUT2D eigenvalue weighted by atomic mass is 16.5. The zero-order chi connectivity index (χ0) is 9.97. The summed E-state index contributed by atoms with van der Waals surface area (Å²) >= 11 is 0. The number of rotatable bonds is 1. The van der Waals surface area contributed by atoms with E-state index in [9.17, 15) is 4.79 Å². The number of hydrogen-bond donors (Lipinski definition) is 0. The first-order chi connectivity index (χ1) is 6.83. The van der Waals surface area contributed by atoms with Crippen molar-refractivity contribution in [1.82, 2.24) is 0 Å². The van der Waals surface area contributed by atoms with Crippen LogP contribution in [0.2, 0.25) is 0 Å². The molecule has 0 aromatic carbocycles. The second kappa shape index (κ2) is 3.96.